The Morgan fingerprint density at radius 3 is 2.36 bits per heavy atom. The number of rotatable bonds is 9. The van der Waals surface area contributed by atoms with Crippen molar-refractivity contribution in [1.29, 1.82) is 5.26 Å². The van der Waals surface area contributed by atoms with Gasteiger partial charge in [0.05, 0.1) is 47.5 Å². The first-order valence-corrected chi connectivity index (χ1v) is 26.3. The van der Waals surface area contributed by atoms with E-state index >= 15 is 0 Å². The summed E-state index contributed by atoms with van der Waals surface area (Å²) in [4.78, 5) is 48.8. The molecule has 378 valence electrons. The zero-order valence-electron chi connectivity index (χ0n) is 41.6. The van der Waals surface area contributed by atoms with Gasteiger partial charge in [0.15, 0.2) is 5.82 Å². The van der Waals surface area contributed by atoms with Crippen LogP contribution in [0.1, 0.15) is 116 Å². The average Bonchev–Trinajstić information content (AvgIpc) is 4.10. The van der Waals surface area contributed by atoms with Gasteiger partial charge in [0.25, 0.3) is 12.3 Å². The van der Waals surface area contributed by atoms with E-state index < -0.39 is 6.43 Å². The van der Waals surface area contributed by atoms with Crippen LogP contribution in [0.25, 0.3) is 11.1 Å². The molecule has 0 aliphatic carbocycles. The van der Waals surface area contributed by atoms with Gasteiger partial charge in [-0.1, -0.05) is 11.6 Å². The Kier molecular flexibility index (Phi) is 13.2. The molecular weight excluding hydrogens is 936 g/mol. The quantitative estimate of drug-likeness (QED) is 0.140. The smallest absolute Gasteiger partial charge is 0.291 e. The molecular formula is C54H64ClF2N13O2. The molecule has 72 heavy (non-hydrogen) atoms. The van der Waals surface area contributed by atoms with Gasteiger partial charge < -0.3 is 29.4 Å². The number of anilines is 4. The number of nitriles is 1. The van der Waals surface area contributed by atoms with Gasteiger partial charge in [0.1, 0.15) is 6.07 Å². The number of halogens is 3. The summed E-state index contributed by atoms with van der Waals surface area (Å²) in [5, 5.41) is 19.5. The number of piperidine rings is 3. The molecule has 1 spiro atoms. The Hall–Kier alpha value is -6.12. The fourth-order valence-electron chi connectivity index (χ4n) is 12.9. The van der Waals surface area contributed by atoms with Gasteiger partial charge in [0.2, 0.25) is 11.7 Å². The number of amides is 2. The molecule has 0 unspecified atom stereocenters. The van der Waals surface area contributed by atoms with Crippen LogP contribution in [-0.2, 0) is 31.2 Å². The van der Waals surface area contributed by atoms with E-state index in [2.05, 4.69) is 52.3 Å². The molecule has 0 bridgehead atoms. The fraction of sp³-hybridized carbons (Fsp3) is 0.537. The van der Waals surface area contributed by atoms with Crippen molar-refractivity contribution in [3.05, 3.63) is 93.9 Å². The molecule has 2 aromatic carbocycles. The average molecular weight is 1000 g/mol. The van der Waals surface area contributed by atoms with Crippen LogP contribution in [-0.4, -0.2) is 128 Å². The minimum Gasteiger partial charge on any atom is -0.369 e. The Morgan fingerprint density at radius 1 is 0.917 bits per heavy atom. The summed E-state index contributed by atoms with van der Waals surface area (Å²) in [7, 11) is 1.79. The zero-order valence-corrected chi connectivity index (χ0v) is 42.4. The molecule has 0 radical (unpaired) electrons. The number of aromatic nitrogens is 6. The van der Waals surface area contributed by atoms with E-state index in [9.17, 15) is 23.6 Å². The molecule has 1 atom stereocenters. The van der Waals surface area contributed by atoms with Crippen LogP contribution < -0.4 is 14.7 Å². The van der Waals surface area contributed by atoms with E-state index in [1.165, 1.54) is 0 Å². The van der Waals surface area contributed by atoms with Gasteiger partial charge in [-0.25, -0.2) is 18.7 Å². The Bertz CT molecular complexity index is 2870. The molecule has 6 aliphatic rings. The first kappa shape index (κ1) is 48.2. The van der Waals surface area contributed by atoms with Gasteiger partial charge in [-0.15, -0.1) is 0 Å². The summed E-state index contributed by atoms with van der Waals surface area (Å²) in [6.07, 6.45) is 13.7. The van der Waals surface area contributed by atoms with Crippen LogP contribution >= 0.6 is 11.6 Å². The Morgan fingerprint density at radius 2 is 1.68 bits per heavy atom. The highest BCUT2D eigenvalue weighted by atomic mass is 35.5. The van der Waals surface area contributed by atoms with Gasteiger partial charge in [0, 0.05) is 132 Å². The summed E-state index contributed by atoms with van der Waals surface area (Å²) in [5.74, 6) is 1.45. The van der Waals surface area contributed by atoms with E-state index in [-0.39, 0.29) is 34.7 Å². The lowest BCUT2D eigenvalue weighted by Crippen LogP contribution is -2.44. The predicted octanol–water partition coefficient (Wildman–Crippen LogP) is 8.60. The first-order chi connectivity index (χ1) is 34.8. The van der Waals surface area contributed by atoms with Gasteiger partial charge in [-0.3, -0.25) is 19.0 Å². The summed E-state index contributed by atoms with van der Waals surface area (Å²) in [6.45, 7) is 12.7. The fourth-order valence-corrected chi connectivity index (χ4v) is 13.1. The van der Waals surface area contributed by atoms with Crippen LogP contribution in [0.2, 0.25) is 5.02 Å². The van der Waals surface area contributed by atoms with E-state index in [1.807, 2.05) is 46.5 Å². The first-order valence-electron chi connectivity index (χ1n) is 26.0. The van der Waals surface area contributed by atoms with Crippen LogP contribution in [0, 0.1) is 22.7 Å². The van der Waals surface area contributed by atoms with Crippen LogP contribution in [0.15, 0.2) is 55.1 Å². The number of fused-ring (bicyclic) bond motifs is 2. The lowest BCUT2D eigenvalue weighted by atomic mass is 9.76. The summed E-state index contributed by atoms with van der Waals surface area (Å²) in [5.41, 5.74) is 7.88. The number of likely N-dealkylation sites (tertiary alicyclic amines) is 2. The van der Waals surface area contributed by atoms with E-state index in [4.69, 9.17) is 16.7 Å². The lowest BCUT2D eigenvalue weighted by molar-refractivity contribution is -0.129. The lowest BCUT2D eigenvalue weighted by Gasteiger charge is -2.40. The van der Waals surface area contributed by atoms with Crippen LogP contribution in [0.3, 0.4) is 0 Å². The standard InChI is InChI=1S/C54H64ClF2N13O2/c1-35-26-54(34-69(35)42-7-6-39(27-58)47(55)24-42)13-21-65(22-14-54)43-29-59-51(60-30-43)53(72)66-18-8-37(9-19-66)31-64-16-10-41(11-17-64)70-48-12-20-67(36(2)71)33-46(48)52(62-70)68-15-4-5-38-23-44(40-28-61-63(3)32-40)45(50(56)57)25-49(38)68/h6-7,23-25,28-30,32,35,37,41,50H,4-5,8-22,26,31,33-34H2,1-3H3/t35-/m0/s1. The second kappa shape index (κ2) is 19.7. The minimum absolute atomic E-state index is 0.0137. The van der Waals surface area contributed by atoms with Crippen molar-refractivity contribution in [2.24, 2.45) is 18.4 Å². The van der Waals surface area contributed by atoms with Crippen molar-refractivity contribution >= 4 is 46.3 Å². The third-order valence-corrected chi connectivity index (χ3v) is 17.2. The normalized spacial score (nSPS) is 20.9. The Balaban J connectivity index is 0.685. The second-order valence-corrected chi connectivity index (χ2v) is 21.8. The van der Waals surface area contributed by atoms with Crippen molar-refractivity contribution in [2.45, 2.75) is 103 Å². The zero-order chi connectivity index (χ0) is 49.8. The highest BCUT2D eigenvalue weighted by molar-refractivity contribution is 6.32. The topological polar surface area (TPSA) is 139 Å². The second-order valence-electron chi connectivity index (χ2n) is 21.4. The van der Waals surface area contributed by atoms with E-state index in [0.717, 1.165) is 137 Å². The maximum Gasteiger partial charge on any atom is 0.291 e. The number of benzene rings is 2. The highest BCUT2D eigenvalue weighted by Crippen LogP contribution is 2.47. The monoisotopic (exact) mass is 999 g/mol. The molecule has 6 aliphatic heterocycles. The van der Waals surface area contributed by atoms with Gasteiger partial charge in [-0.2, -0.15) is 15.5 Å². The van der Waals surface area contributed by atoms with Crippen LogP contribution in [0.4, 0.5) is 31.7 Å². The maximum absolute atomic E-state index is 14.8. The minimum atomic E-state index is -2.66. The number of alkyl halides is 2. The number of carbonyl (C=O) groups excluding carboxylic acids is 2. The molecule has 2 amide bonds. The van der Waals surface area contributed by atoms with Crippen molar-refractivity contribution in [3.8, 4) is 17.2 Å². The van der Waals surface area contributed by atoms with E-state index in [1.54, 1.807) is 37.1 Å². The number of hydrogen-bond acceptors (Lipinski definition) is 11. The van der Waals surface area contributed by atoms with E-state index in [0.29, 0.717) is 72.8 Å². The molecule has 9 heterocycles. The van der Waals surface area contributed by atoms with Crippen LogP contribution in [0.5, 0.6) is 0 Å². The van der Waals surface area contributed by atoms with Crippen molar-refractivity contribution < 1.29 is 18.4 Å². The van der Waals surface area contributed by atoms with Crippen molar-refractivity contribution in [3.63, 3.8) is 0 Å². The van der Waals surface area contributed by atoms with Crippen molar-refractivity contribution in [1.82, 2.24) is 44.2 Å². The molecule has 4 saturated heterocycles. The molecule has 0 saturated carbocycles. The molecule has 18 heteroatoms. The molecule has 3 aromatic heterocycles. The maximum atomic E-state index is 14.8. The molecule has 0 N–H and O–H groups in total. The summed E-state index contributed by atoms with van der Waals surface area (Å²) >= 11 is 6.40. The summed E-state index contributed by atoms with van der Waals surface area (Å²) in [6, 6.07) is 12.1. The van der Waals surface area contributed by atoms with Crippen molar-refractivity contribution in [2.75, 3.05) is 80.1 Å². The molecule has 5 aromatic rings. The molecule has 4 fully saturated rings. The number of hydrogen-bond donors (Lipinski definition) is 0. The third-order valence-electron chi connectivity index (χ3n) is 16.9. The molecule has 15 nitrogen and oxygen atoms in total. The summed E-state index contributed by atoms with van der Waals surface area (Å²) < 4.78 is 33.4. The predicted molar refractivity (Wildman–Crippen MR) is 273 cm³/mol. The SMILES string of the molecule is CC(=O)N1CCc2c(c(N3CCCc4cc(-c5cnn(C)c5)c(C(F)F)cc43)nn2C2CCN(CC3CCN(C(=O)c4ncc(N5CCC6(CC5)C[C@H](C)N(c5ccc(C#N)c(Cl)c5)C6)cn4)CC3)CC2)C1. The Labute approximate surface area is 425 Å². The highest BCUT2D eigenvalue weighted by Gasteiger charge is 2.44. The number of aryl methyl sites for hydroxylation is 2. The molecule has 11 rings (SSSR count). The largest absolute Gasteiger partial charge is 0.369 e. The van der Waals surface area contributed by atoms with Gasteiger partial charge in [-0.05, 0) is 118 Å². The number of nitrogens with zero attached hydrogens (tertiary/aromatic N) is 13. The number of carbonyl (C=O) groups is 2. The third kappa shape index (κ3) is 9.29. The van der Waals surface area contributed by atoms with Gasteiger partial charge >= 0.3 is 0 Å².